The van der Waals surface area contributed by atoms with Crippen molar-refractivity contribution in [3.8, 4) is 0 Å². The number of alkyl halides is 1. The number of aliphatic hydroxyl groups excluding tert-OH is 1. The van der Waals surface area contributed by atoms with Gasteiger partial charge in [0.1, 0.15) is 6.72 Å². The second-order valence-electron chi connectivity index (χ2n) is 8.74. The second-order valence-corrected chi connectivity index (χ2v) is 9.12. The topological polar surface area (TPSA) is 117 Å². The highest BCUT2D eigenvalue weighted by Crippen LogP contribution is 2.43. The lowest BCUT2D eigenvalue weighted by atomic mass is 9.66. The molecular weight excluding hydrogens is 382 g/mol. The molecule has 158 valence electrons. The quantitative estimate of drug-likeness (QED) is 0.173. The van der Waals surface area contributed by atoms with Crippen LogP contribution in [0.15, 0.2) is 10.2 Å². The number of nitrogens with zero attached hydrogens (tertiary/aromatic N) is 4. The van der Waals surface area contributed by atoms with Gasteiger partial charge in [0.15, 0.2) is 12.6 Å². The highest BCUT2D eigenvalue weighted by atomic mass is 35.5. The van der Waals surface area contributed by atoms with E-state index in [1.807, 2.05) is 0 Å². The maximum absolute atomic E-state index is 11.2. The molecule has 3 aliphatic rings. The first kappa shape index (κ1) is 21.6. The molecule has 8 nitrogen and oxygen atoms in total. The monoisotopic (exact) mass is 414 g/mol. The zero-order valence-electron chi connectivity index (χ0n) is 16.4. The molecule has 3 N–H and O–H groups in total. The number of fused-ring (bicyclic) bond motifs is 1. The summed E-state index contributed by atoms with van der Waals surface area (Å²) in [5, 5.41) is 30.9. The SMILES string of the molecule is C=[N+](CCCl)C1CCC2CCC(O)C(N=NC3CCC(N)C([N+](=O)[O-])C3)C2C1. The summed E-state index contributed by atoms with van der Waals surface area (Å²) in [5.74, 6) is 1.39. The Morgan fingerprint density at radius 1 is 1.14 bits per heavy atom. The fraction of sp³-hybridized carbons (Fsp3) is 0.947. The third kappa shape index (κ3) is 4.89. The first-order valence-electron chi connectivity index (χ1n) is 10.5. The lowest BCUT2D eigenvalue weighted by Gasteiger charge is -2.43. The number of rotatable bonds is 6. The van der Waals surface area contributed by atoms with Crippen LogP contribution in [0, 0.1) is 22.0 Å². The highest BCUT2D eigenvalue weighted by Gasteiger charge is 2.45. The van der Waals surface area contributed by atoms with Crippen LogP contribution in [0.4, 0.5) is 0 Å². The third-order valence-corrected chi connectivity index (χ3v) is 7.22. The van der Waals surface area contributed by atoms with Gasteiger partial charge in [-0.25, -0.2) is 4.58 Å². The van der Waals surface area contributed by atoms with Crippen molar-refractivity contribution in [1.29, 1.82) is 0 Å². The summed E-state index contributed by atoms with van der Waals surface area (Å²) in [7, 11) is 0. The largest absolute Gasteiger partial charge is 0.391 e. The van der Waals surface area contributed by atoms with Gasteiger partial charge < -0.3 is 10.8 Å². The molecule has 0 amide bonds. The van der Waals surface area contributed by atoms with Gasteiger partial charge in [-0.1, -0.05) is 0 Å². The Kier molecular flexibility index (Phi) is 7.39. The molecule has 0 radical (unpaired) electrons. The Balaban J connectivity index is 1.67. The zero-order chi connectivity index (χ0) is 20.3. The van der Waals surface area contributed by atoms with Crippen LogP contribution in [0.25, 0.3) is 0 Å². The van der Waals surface area contributed by atoms with Crippen molar-refractivity contribution in [3.05, 3.63) is 10.1 Å². The number of nitrogens with two attached hydrogens (primary N) is 1. The number of azo groups is 1. The van der Waals surface area contributed by atoms with E-state index in [2.05, 4.69) is 21.5 Å². The van der Waals surface area contributed by atoms with Gasteiger partial charge in [-0.3, -0.25) is 10.1 Å². The molecule has 0 spiro atoms. The van der Waals surface area contributed by atoms with Crippen molar-refractivity contribution in [3.63, 3.8) is 0 Å². The van der Waals surface area contributed by atoms with E-state index >= 15 is 0 Å². The maximum atomic E-state index is 11.2. The van der Waals surface area contributed by atoms with Crippen LogP contribution in [-0.2, 0) is 0 Å². The minimum atomic E-state index is -0.754. The standard InChI is InChI=1S/C19H33ClN5O3/c1-24(9-8-20)14-5-2-12-3-7-18(26)19(15(12)11-14)23-22-13-4-6-16(21)17(10-13)25(27)28/h12-19,26H,1-11,21H2/q+1. The molecule has 3 saturated carbocycles. The second kappa shape index (κ2) is 9.59. The number of nitro groups is 1. The molecule has 8 atom stereocenters. The van der Waals surface area contributed by atoms with Crippen molar-refractivity contribution in [2.75, 3.05) is 12.4 Å². The van der Waals surface area contributed by atoms with Gasteiger partial charge in [0.2, 0.25) is 6.04 Å². The Labute approximate surface area is 171 Å². The Morgan fingerprint density at radius 2 is 1.89 bits per heavy atom. The van der Waals surface area contributed by atoms with Gasteiger partial charge in [0, 0.05) is 24.2 Å². The maximum Gasteiger partial charge on any atom is 0.230 e. The van der Waals surface area contributed by atoms with Gasteiger partial charge >= 0.3 is 0 Å². The van der Waals surface area contributed by atoms with Crippen molar-refractivity contribution < 1.29 is 14.6 Å². The van der Waals surface area contributed by atoms with Crippen LogP contribution in [0.3, 0.4) is 0 Å². The van der Waals surface area contributed by atoms with Crippen LogP contribution >= 0.6 is 11.6 Å². The average molecular weight is 415 g/mol. The van der Waals surface area contributed by atoms with E-state index in [0.29, 0.717) is 30.7 Å². The van der Waals surface area contributed by atoms with Crippen LogP contribution < -0.4 is 5.73 Å². The summed E-state index contributed by atoms with van der Waals surface area (Å²) in [6.45, 7) is 4.89. The molecule has 0 saturated heterocycles. The molecule has 28 heavy (non-hydrogen) atoms. The van der Waals surface area contributed by atoms with E-state index in [4.69, 9.17) is 17.3 Å². The van der Waals surface area contributed by atoms with Gasteiger partial charge in [0.05, 0.1) is 30.1 Å². The summed E-state index contributed by atoms with van der Waals surface area (Å²) in [5.41, 5.74) is 5.88. The highest BCUT2D eigenvalue weighted by molar-refractivity contribution is 6.17. The molecule has 0 aromatic carbocycles. The Hall–Kier alpha value is -1.12. The Bertz CT molecular complexity index is 604. The van der Waals surface area contributed by atoms with Crippen LogP contribution in [0.1, 0.15) is 51.4 Å². The molecule has 0 aliphatic heterocycles. The fourth-order valence-electron chi connectivity index (χ4n) is 5.32. The van der Waals surface area contributed by atoms with Crippen molar-refractivity contribution in [1.82, 2.24) is 0 Å². The first-order chi connectivity index (χ1) is 13.4. The summed E-state index contributed by atoms with van der Waals surface area (Å²) < 4.78 is 2.07. The summed E-state index contributed by atoms with van der Waals surface area (Å²) in [6, 6.07) is -1.21. The molecule has 0 aromatic rings. The minimum Gasteiger partial charge on any atom is -0.391 e. The number of aliphatic hydroxyl groups is 1. The number of halogens is 1. The van der Waals surface area contributed by atoms with E-state index in [-0.39, 0.29) is 22.9 Å². The van der Waals surface area contributed by atoms with Crippen LogP contribution in [-0.4, -0.2) is 70.1 Å². The summed E-state index contributed by atoms with van der Waals surface area (Å²) in [6.07, 6.45) is 6.08. The van der Waals surface area contributed by atoms with E-state index < -0.39 is 18.2 Å². The average Bonchev–Trinajstić information content (AvgIpc) is 2.67. The number of hydrogen-bond donors (Lipinski definition) is 2. The molecule has 3 rings (SSSR count). The molecule has 9 heteroatoms. The number of hydrogen-bond acceptors (Lipinski definition) is 6. The van der Waals surface area contributed by atoms with Gasteiger partial charge in [-0.2, -0.15) is 10.2 Å². The molecule has 3 aliphatic carbocycles. The van der Waals surface area contributed by atoms with Crippen molar-refractivity contribution >= 4 is 18.3 Å². The molecule has 0 bridgehead atoms. The predicted molar refractivity (Wildman–Crippen MR) is 108 cm³/mol. The summed E-state index contributed by atoms with van der Waals surface area (Å²) >= 11 is 5.87. The third-order valence-electron chi connectivity index (χ3n) is 7.05. The van der Waals surface area contributed by atoms with Crippen LogP contribution in [0.5, 0.6) is 0 Å². The predicted octanol–water partition coefficient (Wildman–Crippen LogP) is 2.22. The minimum absolute atomic E-state index is 0.178. The lowest BCUT2D eigenvalue weighted by Crippen LogP contribution is -2.48. The first-order valence-corrected chi connectivity index (χ1v) is 11.0. The van der Waals surface area contributed by atoms with Crippen LogP contribution in [0.2, 0.25) is 0 Å². The van der Waals surface area contributed by atoms with Crippen molar-refractivity contribution in [2.45, 2.75) is 87.7 Å². The van der Waals surface area contributed by atoms with Crippen molar-refractivity contribution in [2.24, 2.45) is 27.8 Å². The van der Waals surface area contributed by atoms with Gasteiger partial charge in [0.25, 0.3) is 0 Å². The molecular formula is C19H33ClN5O3+. The van der Waals surface area contributed by atoms with E-state index in [9.17, 15) is 15.2 Å². The fourth-order valence-corrected chi connectivity index (χ4v) is 5.53. The van der Waals surface area contributed by atoms with E-state index in [1.165, 1.54) is 0 Å². The zero-order valence-corrected chi connectivity index (χ0v) is 17.2. The molecule has 0 aromatic heterocycles. The molecule has 0 heterocycles. The van der Waals surface area contributed by atoms with E-state index in [0.717, 1.165) is 45.1 Å². The summed E-state index contributed by atoms with van der Waals surface area (Å²) in [4.78, 5) is 10.9. The smallest absolute Gasteiger partial charge is 0.230 e. The molecule has 8 unspecified atom stereocenters. The van der Waals surface area contributed by atoms with Gasteiger partial charge in [-0.05, 0) is 43.9 Å². The molecule has 3 fully saturated rings. The lowest BCUT2D eigenvalue weighted by molar-refractivity contribution is -0.560. The van der Waals surface area contributed by atoms with E-state index in [1.54, 1.807) is 0 Å². The van der Waals surface area contributed by atoms with Gasteiger partial charge in [-0.15, -0.1) is 11.6 Å². The Morgan fingerprint density at radius 3 is 2.61 bits per heavy atom. The normalized spacial score (nSPS) is 41.5.